The number of hydrogen-bond donors (Lipinski definition) is 3. The molecule has 0 saturated carbocycles. The Hall–Kier alpha value is -2.53. The zero-order valence-corrected chi connectivity index (χ0v) is 20.4. The normalized spacial score (nSPS) is 29.5. The maximum absolute atomic E-state index is 15.0. The fraction of sp³-hybridized carbons (Fsp3) is 0.652. The molecule has 2 amide bonds. The highest BCUT2D eigenvalue weighted by molar-refractivity contribution is 6.30. The summed E-state index contributed by atoms with van der Waals surface area (Å²) in [6.45, 7) is 4.96. The molecule has 2 aromatic heterocycles. The van der Waals surface area contributed by atoms with Crippen molar-refractivity contribution in [2.75, 3.05) is 44.2 Å². The molecule has 3 N–H and O–H groups in total. The Kier molecular flexibility index (Phi) is 6.56. The maximum Gasteiger partial charge on any atom is 0.319 e. The number of carbonyl (C=O) groups excluding carboxylic acids is 1. The van der Waals surface area contributed by atoms with E-state index in [0.717, 1.165) is 32.2 Å². The third-order valence-electron chi connectivity index (χ3n) is 7.21. The summed E-state index contributed by atoms with van der Waals surface area (Å²) in [4.78, 5) is 26.8. The third kappa shape index (κ3) is 5.06. The number of ether oxygens (including phenoxy) is 1. The van der Waals surface area contributed by atoms with Gasteiger partial charge >= 0.3 is 12.0 Å². The summed E-state index contributed by atoms with van der Waals surface area (Å²) >= 11 is 5.96. The molecule has 35 heavy (non-hydrogen) atoms. The van der Waals surface area contributed by atoms with Crippen molar-refractivity contribution in [2.24, 2.45) is 5.41 Å². The van der Waals surface area contributed by atoms with Gasteiger partial charge in [-0.15, -0.1) is 0 Å². The van der Waals surface area contributed by atoms with E-state index in [1.807, 2.05) is 11.8 Å². The Labute approximate surface area is 207 Å². The molecule has 2 unspecified atom stereocenters. The van der Waals surface area contributed by atoms with Crippen molar-refractivity contribution in [1.29, 1.82) is 0 Å². The van der Waals surface area contributed by atoms with Gasteiger partial charge in [0, 0.05) is 37.8 Å². The van der Waals surface area contributed by atoms with Crippen LogP contribution in [-0.4, -0.2) is 72.0 Å². The average molecular weight is 510 g/mol. The monoisotopic (exact) mass is 509 g/mol. The van der Waals surface area contributed by atoms with Crippen LogP contribution < -0.4 is 25.6 Å². The fourth-order valence-corrected chi connectivity index (χ4v) is 5.56. The molecule has 3 saturated heterocycles. The van der Waals surface area contributed by atoms with Crippen molar-refractivity contribution >= 4 is 34.4 Å². The maximum atomic E-state index is 15.0. The number of piperidine rings is 1. The first kappa shape index (κ1) is 24.2. The smallest absolute Gasteiger partial charge is 0.319 e. The van der Waals surface area contributed by atoms with Crippen LogP contribution >= 0.6 is 11.6 Å². The van der Waals surface area contributed by atoms with Crippen LogP contribution in [0, 0.1) is 11.2 Å². The van der Waals surface area contributed by atoms with Crippen molar-refractivity contribution in [3.8, 4) is 6.01 Å². The minimum atomic E-state index is -0.973. The van der Waals surface area contributed by atoms with Crippen LogP contribution in [-0.2, 0) is 0 Å². The quantitative estimate of drug-likeness (QED) is 0.544. The summed E-state index contributed by atoms with van der Waals surface area (Å²) in [5.74, 6) is -0.268. The van der Waals surface area contributed by atoms with Gasteiger partial charge in [-0.2, -0.15) is 9.97 Å². The molecule has 0 aromatic carbocycles. The van der Waals surface area contributed by atoms with Crippen molar-refractivity contribution in [3.63, 3.8) is 0 Å². The second-order valence-corrected chi connectivity index (χ2v) is 10.6. The molecule has 2 aromatic rings. The minimum Gasteiger partial charge on any atom is -0.463 e. The lowest BCUT2D eigenvalue weighted by molar-refractivity contribution is 0.0888. The molecule has 9 nitrogen and oxygen atoms in total. The predicted octanol–water partition coefficient (Wildman–Crippen LogP) is 2.97. The molecule has 3 fully saturated rings. The number of alkyl halides is 1. The zero-order chi connectivity index (χ0) is 24.6. The fourth-order valence-electron chi connectivity index (χ4n) is 5.42. The number of nitrogens with one attached hydrogen (secondary N) is 3. The molecule has 5 rings (SSSR count). The van der Waals surface area contributed by atoms with Crippen molar-refractivity contribution in [2.45, 2.75) is 50.7 Å². The van der Waals surface area contributed by atoms with Gasteiger partial charge in [-0.1, -0.05) is 18.5 Å². The van der Waals surface area contributed by atoms with Gasteiger partial charge in [0.2, 0.25) is 0 Å². The van der Waals surface area contributed by atoms with Crippen LogP contribution in [0.4, 0.5) is 19.4 Å². The Morgan fingerprint density at radius 1 is 1.31 bits per heavy atom. The Morgan fingerprint density at radius 2 is 2.17 bits per heavy atom. The second-order valence-electron chi connectivity index (χ2n) is 10.3. The van der Waals surface area contributed by atoms with E-state index >= 15 is 4.39 Å². The molecule has 0 bridgehead atoms. The number of halogens is 3. The second kappa shape index (κ2) is 9.50. The number of pyridine rings is 1. The van der Waals surface area contributed by atoms with Gasteiger partial charge in [0.05, 0.1) is 17.5 Å². The summed E-state index contributed by atoms with van der Waals surface area (Å²) < 4.78 is 35.4. The van der Waals surface area contributed by atoms with Crippen molar-refractivity contribution in [3.05, 3.63) is 17.2 Å². The zero-order valence-electron chi connectivity index (χ0n) is 19.7. The van der Waals surface area contributed by atoms with Gasteiger partial charge < -0.3 is 25.6 Å². The van der Waals surface area contributed by atoms with Crippen LogP contribution in [0.5, 0.6) is 6.01 Å². The van der Waals surface area contributed by atoms with Gasteiger partial charge in [-0.25, -0.2) is 18.6 Å². The minimum absolute atomic E-state index is 0.0127. The van der Waals surface area contributed by atoms with Crippen LogP contribution in [0.2, 0.25) is 5.15 Å². The molecule has 12 heteroatoms. The molecule has 190 valence electrons. The van der Waals surface area contributed by atoms with E-state index < -0.39 is 22.9 Å². The van der Waals surface area contributed by atoms with E-state index in [1.54, 1.807) is 0 Å². The van der Waals surface area contributed by atoms with Crippen LogP contribution in [0.15, 0.2) is 6.20 Å². The summed E-state index contributed by atoms with van der Waals surface area (Å²) in [5, 5.41) is 9.10. The van der Waals surface area contributed by atoms with E-state index in [4.69, 9.17) is 16.3 Å². The Bertz CT molecular complexity index is 1120. The highest BCUT2D eigenvalue weighted by atomic mass is 35.5. The number of fused-ring (bicyclic) bond motifs is 1. The number of carbonyl (C=O) groups is 1. The molecular formula is C23H30ClF2N7O2. The van der Waals surface area contributed by atoms with E-state index in [2.05, 4.69) is 30.9 Å². The standard InChI is InChI=1S/C23H30ClF2N7O2/c1-22(4-2-6-27-9-14(25)8-22)13-35-21-30-17-15(10-28-18(24)16(17)26)19(31-21)33-7-3-5-23(12-33)11-29-20(34)32-23/h10,14,27H,2-9,11-13H2,1H3,(H2,29,32,34)/t14?,22-,23?/m1/s1. The molecule has 5 heterocycles. The van der Waals surface area contributed by atoms with E-state index in [0.29, 0.717) is 43.8 Å². The number of aromatic nitrogens is 3. The Balaban J connectivity index is 1.46. The van der Waals surface area contributed by atoms with Gasteiger partial charge in [-0.05, 0) is 38.6 Å². The summed E-state index contributed by atoms with van der Waals surface area (Å²) in [6.07, 6.45) is 4.17. The van der Waals surface area contributed by atoms with Crippen molar-refractivity contribution < 1.29 is 18.3 Å². The summed E-state index contributed by atoms with van der Waals surface area (Å²) in [7, 11) is 0. The summed E-state index contributed by atoms with van der Waals surface area (Å²) in [5.41, 5.74) is -0.806. The lowest BCUT2D eigenvalue weighted by Crippen LogP contribution is -2.56. The number of anilines is 1. The molecule has 0 radical (unpaired) electrons. The molecular weight excluding hydrogens is 480 g/mol. The highest BCUT2D eigenvalue weighted by Crippen LogP contribution is 2.35. The van der Waals surface area contributed by atoms with Gasteiger partial charge in [0.15, 0.2) is 11.0 Å². The molecule has 0 aliphatic carbocycles. The first-order chi connectivity index (χ1) is 16.8. The van der Waals surface area contributed by atoms with Crippen LogP contribution in [0.25, 0.3) is 10.9 Å². The summed E-state index contributed by atoms with van der Waals surface area (Å²) in [6, 6.07) is -0.185. The topological polar surface area (TPSA) is 104 Å². The third-order valence-corrected chi connectivity index (χ3v) is 7.47. The number of rotatable bonds is 4. The number of amides is 2. The number of nitrogens with zero attached hydrogens (tertiary/aromatic N) is 4. The largest absolute Gasteiger partial charge is 0.463 e. The van der Waals surface area contributed by atoms with E-state index in [1.165, 1.54) is 6.20 Å². The molecule has 3 aliphatic rings. The van der Waals surface area contributed by atoms with Gasteiger partial charge in [0.1, 0.15) is 17.5 Å². The number of hydrogen-bond acceptors (Lipinski definition) is 7. The average Bonchev–Trinajstić information content (AvgIpc) is 3.17. The lowest BCUT2D eigenvalue weighted by atomic mass is 9.80. The van der Waals surface area contributed by atoms with Crippen molar-refractivity contribution in [1.82, 2.24) is 30.9 Å². The molecule has 3 atom stereocenters. The van der Waals surface area contributed by atoms with Gasteiger partial charge in [-0.3, -0.25) is 0 Å². The SMILES string of the molecule is C[C@@]1(COc2nc(N3CCCC4(CNC(=O)N4)C3)c3cnc(Cl)c(F)c3n2)CCCNCC(F)C1. The molecule has 3 aliphatic heterocycles. The Morgan fingerprint density at radius 3 is 2.97 bits per heavy atom. The number of urea groups is 1. The first-order valence-corrected chi connectivity index (χ1v) is 12.4. The highest BCUT2D eigenvalue weighted by Gasteiger charge is 2.42. The van der Waals surface area contributed by atoms with Crippen LogP contribution in [0.1, 0.15) is 39.0 Å². The van der Waals surface area contributed by atoms with Gasteiger partial charge in [0.25, 0.3) is 0 Å². The van der Waals surface area contributed by atoms with E-state index in [9.17, 15) is 9.18 Å². The van der Waals surface area contributed by atoms with Crippen LogP contribution in [0.3, 0.4) is 0 Å². The predicted molar refractivity (Wildman–Crippen MR) is 128 cm³/mol. The van der Waals surface area contributed by atoms with E-state index in [-0.39, 0.29) is 29.3 Å². The first-order valence-electron chi connectivity index (χ1n) is 12.1. The molecule has 1 spiro atoms. The lowest BCUT2D eigenvalue weighted by Gasteiger charge is -2.40.